The van der Waals surface area contributed by atoms with Gasteiger partial charge in [-0.15, -0.1) is 0 Å². The van der Waals surface area contributed by atoms with Gasteiger partial charge in [0.2, 0.25) is 5.91 Å². The van der Waals surface area contributed by atoms with Crippen molar-refractivity contribution in [3.05, 3.63) is 46.2 Å². The number of carbonyl (C=O) groups is 2. The summed E-state index contributed by atoms with van der Waals surface area (Å²) in [5, 5.41) is 0.963. The van der Waals surface area contributed by atoms with Crippen molar-refractivity contribution in [1.29, 1.82) is 0 Å². The highest BCUT2D eigenvalue weighted by molar-refractivity contribution is 5.80. The summed E-state index contributed by atoms with van der Waals surface area (Å²) in [4.78, 5) is 41.0. The Labute approximate surface area is 152 Å². The monoisotopic (exact) mass is 356 g/mol. The molecule has 0 unspecified atom stereocenters. The lowest BCUT2D eigenvalue weighted by Crippen LogP contribution is -2.40. The molecule has 1 saturated heterocycles. The number of ether oxygens (including phenoxy) is 1. The number of benzene rings is 1. The summed E-state index contributed by atoms with van der Waals surface area (Å²) in [6.45, 7) is 3.32. The van der Waals surface area contributed by atoms with Crippen LogP contribution in [0.2, 0.25) is 0 Å². The Morgan fingerprint density at radius 2 is 1.96 bits per heavy atom. The quantitative estimate of drug-likeness (QED) is 0.834. The van der Waals surface area contributed by atoms with E-state index in [0.717, 1.165) is 10.9 Å². The van der Waals surface area contributed by atoms with Crippen LogP contribution in [0.4, 0.5) is 0 Å². The van der Waals surface area contributed by atoms with E-state index in [1.54, 1.807) is 11.8 Å². The van der Waals surface area contributed by atoms with Crippen molar-refractivity contribution in [2.45, 2.75) is 32.6 Å². The number of aromatic amines is 1. The molecule has 1 aromatic heterocycles. The number of H-pyrrole nitrogens is 1. The van der Waals surface area contributed by atoms with E-state index in [0.29, 0.717) is 50.9 Å². The average Bonchev–Trinajstić information content (AvgIpc) is 2.66. The van der Waals surface area contributed by atoms with Gasteiger partial charge in [-0.25, -0.2) is 0 Å². The summed E-state index contributed by atoms with van der Waals surface area (Å²) in [6.07, 6.45) is 1.99. The number of carbonyl (C=O) groups excluding carboxylic acids is 2. The molecule has 0 spiro atoms. The number of aromatic nitrogens is 1. The molecule has 0 atom stereocenters. The van der Waals surface area contributed by atoms with Gasteiger partial charge in [0.25, 0.3) is 5.56 Å². The molecule has 1 N–H and O–H groups in total. The van der Waals surface area contributed by atoms with Crippen molar-refractivity contribution in [2.24, 2.45) is 5.92 Å². The lowest BCUT2D eigenvalue weighted by molar-refractivity contribution is -0.151. The van der Waals surface area contributed by atoms with Crippen molar-refractivity contribution in [1.82, 2.24) is 9.88 Å². The molecule has 2 aromatic rings. The van der Waals surface area contributed by atoms with Crippen LogP contribution in [0.1, 0.15) is 31.7 Å². The number of piperidine rings is 1. The first kappa shape index (κ1) is 18.2. The predicted octanol–water partition coefficient (Wildman–Crippen LogP) is 2.26. The number of esters is 1. The summed E-state index contributed by atoms with van der Waals surface area (Å²) in [5.74, 6) is -0.246. The van der Waals surface area contributed by atoms with E-state index in [9.17, 15) is 14.4 Å². The molecule has 1 amide bonds. The summed E-state index contributed by atoms with van der Waals surface area (Å²) in [5.41, 5.74) is 1.28. The second-order valence-electron chi connectivity index (χ2n) is 6.62. The topological polar surface area (TPSA) is 79.5 Å². The van der Waals surface area contributed by atoms with E-state index in [2.05, 4.69) is 4.98 Å². The third-order valence-corrected chi connectivity index (χ3v) is 4.91. The third-order valence-electron chi connectivity index (χ3n) is 4.91. The highest BCUT2D eigenvalue weighted by atomic mass is 16.5. The molecule has 6 heteroatoms. The Kier molecular flexibility index (Phi) is 5.71. The molecule has 26 heavy (non-hydrogen) atoms. The maximum atomic E-state index is 12.4. The fraction of sp³-hybridized carbons (Fsp3) is 0.450. The maximum absolute atomic E-state index is 12.4. The van der Waals surface area contributed by atoms with Crippen LogP contribution in [0.15, 0.2) is 35.1 Å². The van der Waals surface area contributed by atoms with E-state index < -0.39 is 0 Å². The molecule has 1 aliphatic heterocycles. The minimum atomic E-state index is -0.165. The van der Waals surface area contributed by atoms with Gasteiger partial charge in [0, 0.05) is 30.6 Å². The molecule has 1 aromatic carbocycles. The normalized spacial score (nSPS) is 15.2. The van der Waals surface area contributed by atoms with Crippen LogP contribution in [0, 0.1) is 5.92 Å². The largest absolute Gasteiger partial charge is 0.466 e. The van der Waals surface area contributed by atoms with Crippen LogP contribution in [0.25, 0.3) is 10.9 Å². The number of para-hydroxylation sites is 1. The van der Waals surface area contributed by atoms with E-state index in [1.165, 1.54) is 0 Å². The van der Waals surface area contributed by atoms with Gasteiger partial charge in [0.1, 0.15) is 0 Å². The van der Waals surface area contributed by atoms with Gasteiger partial charge in [-0.05, 0) is 43.7 Å². The van der Waals surface area contributed by atoms with Gasteiger partial charge in [-0.3, -0.25) is 14.4 Å². The molecular weight excluding hydrogens is 332 g/mol. The number of amides is 1. The number of nitrogens with one attached hydrogen (secondary N) is 1. The summed E-state index contributed by atoms with van der Waals surface area (Å²) < 4.78 is 5.05. The summed E-state index contributed by atoms with van der Waals surface area (Å²) in [6, 6.07) is 9.45. The number of hydrogen-bond acceptors (Lipinski definition) is 4. The molecule has 0 radical (unpaired) electrons. The number of nitrogens with zero attached hydrogens (tertiary/aromatic N) is 1. The number of aryl methyl sites for hydroxylation is 1. The van der Waals surface area contributed by atoms with E-state index in [1.807, 2.05) is 30.3 Å². The average molecular weight is 356 g/mol. The third kappa shape index (κ3) is 4.12. The molecule has 1 aliphatic rings. The van der Waals surface area contributed by atoms with Crippen LogP contribution in [0.5, 0.6) is 0 Å². The molecular formula is C20H24N2O4. The van der Waals surface area contributed by atoms with Gasteiger partial charge in [-0.1, -0.05) is 18.2 Å². The van der Waals surface area contributed by atoms with Crippen molar-refractivity contribution in [3.8, 4) is 0 Å². The number of pyridine rings is 1. The summed E-state index contributed by atoms with van der Waals surface area (Å²) in [7, 11) is 0. The van der Waals surface area contributed by atoms with Crippen LogP contribution in [-0.2, 0) is 20.7 Å². The smallest absolute Gasteiger partial charge is 0.309 e. The molecule has 2 heterocycles. The van der Waals surface area contributed by atoms with Crippen molar-refractivity contribution in [2.75, 3.05) is 19.7 Å². The molecule has 0 bridgehead atoms. The Balaban J connectivity index is 1.56. The van der Waals surface area contributed by atoms with Crippen LogP contribution >= 0.6 is 0 Å². The van der Waals surface area contributed by atoms with Gasteiger partial charge >= 0.3 is 5.97 Å². The summed E-state index contributed by atoms with van der Waals surface area (Å²) >= 11 is 0. The van der Waals surface area contributed by atoms with Crippen LogP contribution < -0.4 is 5.56 Å². The van der Waals surface area contributed by atoms with Crippen molar-refractivity contribution in [3.63, 3.8) is 0 Å². The maximum Gasteiger partial charge on any atom is 0.309 e. The lowest BCUT2D eigenvalue weighted by Gasteiger charge is -2.31. The zero-order chi connectivity index (χ0) is 18.5. The number of hydrogen-bond donors (Lipinski definition) is 1. The zero-order valence-electron chi connectivity index (χ0n) is 15.0. The Hall–Kier alpha value is -2.63. The molecule has 0 aliphatic carbocycles. The first-order chi connectivity index (χ1) is 12.6. The fourth-order valence-corrected chi connectivity index (χ4v) is 3.40. The van der Waals surface area contributed by atoms with Gasteiger partial charge in [0.05, 0.1) is 12.5 Å². The molecule has 6 nitrogen and oxygen atoms in total. The minimum Gasteiger partial charge on any atom is -0.466 e. The van der Waals surface area contributed by atoms with E-state index in [4.69, 9.17) is 4.74 Å². The van der Waals surface area contributed by atoms with Crippen molar-refractivity contribution < 1.29 is 14.3 Å². The minimum absolute atomic E-state index is 0.0277. The standard InChI is InChI=1S/C20H24N2O4/c1-2-26-20(25)14-9-11-22(12-10-14)18(23)8-7-16-13-15-5-3-4-6-17(15)21-19(16)24/h3-6,13-14H,2,7-12H2,1H3,(H,21,24). The second kappa shape index (κ2) is 8.17. The SMILES string of the molecule is CCOC(=O)C1CCN(C(=O)CCc2cc3ccccc3[nH]c2=O)CC1. The first-order valence-electron chi connectivity index (χ1n) is 9.14. The molecule has 3 rings (SSSR count). The van der Waals surface area contributed by atoms with E-state index >= 15 is 0 Å². The van der Waals surface area contributed by atoms with E-state index in [-0.39, 0.29) is 23.4 Å². The molecule has 1 fully saturated rings. The lowest BCUT2D eigenvalue weighted by atomic mass is 9.96. The number of rotatable bonds is 5. The van der Waals surface area contributed by atoms with Gasteiger partial charge in [0.15, 0.2) is 0 Å². The predicted molar refractivity (Wildman–Crippen MR) is 98.8 cm³/mol. The van der Waals surface area contributed by atoms with Gasteiger partial charge in [-0.2, -0.15) is 0 Å². The zero-order valence-corrected chi connectivity index (χ0v) is 15.0. The molecule has 0 saturated carbocycles. The second-order valence-corrected chi connectivity index (χ2v) is 6.62. The Morgan fingerprint density at radius 3 is 2.69 bits per heavy atom. The Morgan fingerprint density at radius 1 is 1.23 bits per heavy atom. The number of likely N-dealkylation sites (tertiary alicyclic amines) is 1. The highest BCUT2D eigenvalue weighted by Crippen LogP contribution is 2.20. The van der Waals surface area contributed by atoms with Crippen LogP contribution in [0.3, 0.4) is 0 Å². The van der Waals surface area contributed by atoms with Crippen LogP contribution in [-0.4, -0.2) is 41.5 Å². The Bertz CT molecular complexity index is 850. The first-order valence-corrected chi connectivity index (χ1v) is 9.14. The highest BCUT2D eigenvalue weighted by Gasteiger charge is 2.28. The number of fused-ring (bicyclic) bond motifs is 1. The molecule has 138 valence electrons. The fourth-order valence-electron chi connectivity index (χ4n) is 3.40. The van der Waals surface area contributed by atoms with Gasteiger partial charge < -0.3 is 14.6 Å². The van der Waals surface area contributed by atoms with Crippen molar-refractivity contribution >= 4 is 22.8 Å².